The van der Waals surface area contributed by atoms with Crippen LogP contribution < -0.4 is 0 Å². The van der Waals surface area contributed by atoms with Crippen molar-refractivity contribution in [2.75, 3.05) is 0 Å². The number of aryl methyl sites for hydroxylation is 1. The molecule has 0 aliphatic heterocycles. The van der Waals surface area contributed by atoms with Crippen LogP contribution in [0.3, 0.4) is 0 Å². The second-order valence-electron chi connectivity index (χ2n) is 3.63. The highest BCUT2D eigenvalue weighted by Gasteiger charge is 2.20. The van der Waals surface area contributed by atoms with Crippen LogP contribution in [0.2, 0.25) is 5.02 Å². The van der Waals surface area contributed by atoms with E-state index in [9.17, 15) is 4.39 Å². The quantitative estimate of drug-likeness (QED) is 0.646. The molecular formula is C12H8ClFO. The van der Waals surface area contributed by atoms with Crippen LogP contribution in [0, 0.1) is 0 Å². The number of allylic oxidation sites excluding steroid dienone is 1. The van der Waals surface area contributed by atoms with Crippen molar-refractivity contribution in [3.05, 3.63) is 40.6 Å². The molecule has 1 heterocycles. The summed E-state index contributed by atoms with van der Waals surface area (Å²) in [6.07, 6.45) is 3.06. The molecule has 15 heavy (non-hydrogen) atoms. The van der Waals surface area contributed by atoms with Gasteiger partial charge in [0.2, 0.25) is 0 Å². The minimum Gasteiger partial charge on any atom is -0.460 e. The number of rotatable bonds is 0. The number of furan rings is 1. The lowest BCUT2D eigenvalue weighted by Crippen LogP contribution is -1.92. The first-order valence-corrected chi connectivity index (χ1v) is 5.20. The molecule has 1 aliphatic carbocycles. The lowest BCUT2D eigenvalue weighted by molar-refractivity contribution is 0.540. The molecule has 0 unspecified atom stereocenters. The van der Waals surface area contributed by atoms with E-state index in [-0.39, 0.29) is 5.83 Å². The lowest BCUT2D eigenvalue weighted by atomic mass is 10.0. The molecular weight excluding hydrogens is 215 g/mol. The molecule has 0 bridgehead atoms. The molecule has 0 saturated carbocycles. The summed E-state index contributed by atoms with van der Waals surface area (Å²) < 4.78 is 19.2. The van der Waals surface area contributed by atoms with Crippen molar-refractivity contribution < 1.29 is 8.81 Å². The summed E-state index contributed by atoms with van der Waals surface area (Å²) in [6, 6.07) is 5.28. The van der Waals surface area contributed by atoms with E-state index in [0.717, 1.165) is 17.6 Å². The third-order valence-electron chi connectivity index (χ3n) is 2.66. The van der Waals surface area contributed by atoms with Crippen LogP contribution in [0.25, 0.3) is 16.8 Å². The second-order valence-corrected chi connectivity index (χ2v) is 4.07. The first kappa shape index (κ1) is 8.98. The van der Waals surface area contributed by atoms with E-state index >= 15 is 0 Å². The highest BCUT2D eigenvalue weighted by Crippen LogP contribution is 2.37. The summed E-state index contributed by atoms with van der Waals surface area (Å²) in [5.74, 6) is 0.546. The average molecular weight is 223 g/mol. The van der Waals surface area contributed by atoms with Gasteiger partial charge in [-0.15, -0.1) is 0 Å². The van der Waals surface area contributed by atoms with Gasteiger partial charge in [0.1, 0.15) is 17.2 Å². The number of hydrogen-bond acceptors (Lipinski definition) is 1. The summed E-state index contributed by atoms with van der Waals surface area (Å²) in [4.78, 5) is 0. The third kappa shape index (κ3) is 1.29. The fourth-order valence-electron chi connectivity index (χ4n) is 1.99. The SMILES string of the molecule is FC1=CCCc2oc3cc(Cl)ccc3c21. The van der Waals surface area contributed by atoms with Gasteiger partial charge in [0.25, 0.3) is 0 Å². The van der Waals surface area contributed by atoms with Crippen LogP contribution >= 0.6 is 11.6 Å². The molecule has 1 aromatic carbocycles. The molecule has 3 rings (SSSR count). The first-order chi connectivity index (χ1) is 7.25. The van der Waals surface area contributed by atoms with Gasteiger partial charge in [-0.3, -0.25) is 0 Å². The summed E-state index contributed by atoms with van der Waals surface area (Å²) in [5.41, 5.74) is 1.27. The zero-order valence-electron chi connectivity index (χ0n) is 7.89. The van der Waals surface area contributed by atoms with Crippen molar-refractivity contribution in [1.82, 2.24) is 0 Å². The lowest BCUT2D eigenvalue weighted by Gasteiger charge is -2.04. The largest absolute Gasteiger partial charge is 0.460 e. The van der Waals surface area contributed by atoms with Gasteiger partial charge in [-0.2, -0.15) is 0 Å². The minimum atomic E-state index is -0.183. The van der Waals surface area contributed by atoms with E-state index in [1.807, 2.05) is 0 Å². The Morgan fingerprint density at radius 1 is 1.33 bits per heavy atom. The van der Waals surface area contributed by atoms with Crippen molar-refractivity contribution in [1.29, 1.82) is 0 Å². The zero-order chi connectivity index (χ0) is 10.4. The molecule has 76 valence electrons. The molecule has 3 heteroatoms. The number of halogens is 2. The van der Waals surface area contributed by atoms with Crippen LogP contribution in [0.4, 0.5) is 4.39 Å². The molecule has 0 fully saturated rings. The Hall–Kier alpha value is -1.28. The maximum Gasteiger partial charge on any atom is 0.136 e. The predicted octanol–water partition coefficient (Wildman–Crippen LogP) is 4.34. The van der Waals surface area contributed by atoms with Gasteiger partial charge >= 0.3 is 0 Å². The Morgan fingerprint density at radius 3 is 3.07 bits per heavy atom. The molecule has 0 radical (unpaired) electrons. The minimum absolute atomic E-state index is 0.183. The van der Waals surface area contributed by atoms with Gasteiger partial charge in [0.15, 0.2) is 0 Å². The Balaban J connectivity index is 2.38. The van der Waals surface area contributed by atoms with Gasteiger partial charge < -0.3 is 4.42 Å². The van der Waals surface area contributed by atoms with Gasteiger partial charge in [-0.05, 0) is 24.6 Å². The Kier molecular flexibility index (Phi) is 1.86. The molecule has 0 amide bonds. The predicted molar refractivity (Wildman–Crippen MR) is 58.6 cm³/mol. The Morgan fingerprint density at radius 2 is 2.20 bits per heavy atom. The van der Waals surface area contributed by atoms with E-state index < -0.39 is 0 Å². The fourth-order valence-corrected chi connectivity index (χ4v) is 2.15. The van der Waals surface area contributed by atoms with E-state index in [4.69, 9.17) is 16.0 Å². The monoisotopic (exact) mass is 222 g/mol. The standard InChI is InChI=1S/C12H8ClFO/c13-7-4-5-8-11(6-7)15-10-3-1-2-9(14)12(8)10/h2,4-6H,1,3H2. The van der Waals surface area contributed by atoms with Crippen molar-refractivity contribution in [3.8, 4) is 0 Å². The summed E-state index contributed by atoms with van der Waals surface area (Å²) in [7, 11) is 0. The molecule has 2 aromatic rings. The maximum atomic E-state index is 13.6. The van der Waals surface area contributed by atoms with Crippen molar-refractivity contribution >= 4 is 28.4 Å². The van der Waals surface area contributed by atoms with Crippen LogP contribution in [-0.2, 0) is 6.42 Å². The maximum absolute atomic E-state index is 13.6. The van der Waals surface area contributed by atoms with Crippen molar-refractivity contribution in [3.63, 3.8) is 0 Å². The number of fused-ring (bicyclic) bond motifs is 3. The van der Waals surface area contributed by atoms with Gasteiger partial charge in [0, 0.05) is 22.9 Å². The number of hydrogen-bond donors (Lipinski definition) is 0. The van der Waals surface area contributed by atoms with Crippen LogP contribution in [0.5, 0.6) is 0 Å². The molecule has 1 nitrogen and oxygen atoms in total. The molecule has 0 spiro atoms. The zero-order valence-corrected chi connectivity index (χ0v) is 8.64. The van der Waals surface area contributed by atoms with Crippen molar-refractivity contribution in [2.45, 2.75) is 12.8 Å². The van der Waals surface area contributed by atoms with Crippen LogP contribution in [-0.4, -0.2) is 0 Å². The van der Waals surface area contributed by atoms with Gasteiger partial charge in [-0.25, -0.2) is 4.39 Å². The van der Waals surface area contributed by atoms with Crippen LogP contribution in [0.1, 0.15) is 17.7 Å². The van der Waals surface area contributed by atoms with Gasteiger partial charge in [-0.1, -0.05) is 11.6 Å². The fraction of sp³-hybridized carbons (Fsp3) is 0.167. The topological polar surface area (TPSA) is 13.1 Å². The van der Waals surface area contributed by atoms with Crippen molar-refractivity contribution in [2.24, 2.45) is 0 Å². The molecule has 1 aromatic heterocycles. The highest BCUT2D eigenvalue weighted by atomic mass is 35.5. The Bertz CT molecular complexity index is 568. The molecule has 0 saturated heterocycles. The number of benzene rings is 1. The molecule has 0 atom stereocenters. The van der Waals surface area contributed by atoms with E-state index in [1.165, 1.54) is 0 Å². The van der Waals surface area contributed by atoms with Gasteiger partial charge in [0.05, 0.1) is 5.56 Å². The normalized spacial score (nSPS) is 15.2. The average Bonchev–Trinajstić information content (AvgIpc) is 2.56. The summed E-state index contributed by atoms with van der Waals surface area (Å²) in [5, 5.41) is 1.42. The van der Waals surface area contributed by atoms with E-state index in [2.05, 4.69) is 0 Å². The smallest absolute Gasteiger partial charge is 0.136 e. The first-order valence-electron chi connectivity index (χ1n) is 4.82. The molecule has 1 aliphatic rings. The Labute approximate surface area is 91.1 Å². The highest BCUT2D eigenvalue weighted by molar-refractivity contribution is 6.31. The van der Waals surface area contributed by atoms with E-state index in [0.29, 0.717) is 22.6 Å². The molecule has 0 N–H and O–H groups in total. The van der Waals surface area contributed by atoms with E-state index in [1.54, 1.807) is 24.3 Å². The second kappa shape index (κ2) is 3.11. The summed E-state index contributed by atoms with van der Waals surface area (Å²) >= 11 is 5.85. The summed E-state index contributed by atoms with van der Waals surface area (Å²) in [6.45, 7) is 0. The third-order valence-corrected chi connectivity index (χ3v) is 2.89. The van der Waals surface area contributed by atoms with Crippen LogP contribution in [0.15, 0.2) is 28.7 Å².